The Kier molecular flexibility index (Phi) is 7.21. The maximum atomic E-state index is 13.4. The highest BCUT2D eigenvalue weighted by atomic mass is 19.4. The van der Waals surface area contributed by atoms with Gasteiger partial charge in [-0.25, -0.2) is 0 Å². The fourth-order valence-electron chi connectivity index (χ4n) is 4.97. The van der Waals surface area contributed by atoms with Gasteiger partial charge in [-0.2, -0.15) is 13.2 Å². The second-order valence-corrected chi connectivity index (χ2v) is 8.67. The van der Waals surface area contributed by atoms with Crippen molar-refractivity contribution in [2.75, 3.05) is 56.8 Å². The molecule has 2 aliphatic heterocycles. The Morgan fingerprint density at radius 2 is 1.91 bits per heavy atom. The van der Waals surface area contributed by atoms with Crippen molar-refractivity contribution in [2.45, 2.75) is 25.1 Å². The summed E-state index contributed by atoms with van der Waals surface area (Å²) < 4.78 is 50.7. The molecule has 1 amide bonds. The quantitative estimate of drug-likeness (QED) is 0.616. The normalized spacial score (nSPS) is 19.9. The number of hydrogen-bond acceptors (Lipinski definition) is 5. The van der Waals surface area contributed by atoms with Crippen molar-refractivity contribution in [3.05, 3.63) is 53.6 Å². The number of nitrogens with zero attached hydrogens (tertiary/aromatic N) is 2. The van der Waals surface area contributed by atoms with E-state index in [0.717, 1.165) is 23.2 Å². The molecule has 2 aromatic rings. The Balaban J connectivity index is 1.64. The van der Waals surface area contributed by atoms with Crippen LogP contribution in [0.25, 0.3) is 0 Å². The lowest BCUT2D eigenvalue weighted by Gasteiger charge is -2.49. The monoisotopic (exact) mass is 477 g/mol. The van der Waals surface area contributed by atoms with Gasteiger partial charge in [0.25, 0.3) is 0 Å². The van der Waals surface area contributed by atoms with Gasteiger partial charge in [0.15, 0.2) is 0 Å². The minimum absolute atomic E-state index is 0.143. The largest absolute Gasteiger partial charge is 0.495 e. The van der Waals surface area contributed by atoms with Crippen molar-refractivity contribution >= 4 is 17.3 Å². The topological polar surface area (TPSA) is 54.0 Å². The first-order valence-electron chi connectivity index (χ1n) is 11.4. The molecule has 2 heterocycles. The number of hydrogen-bond donors (Lipinski definition) is 1. The molecule has 9 heteroatoms. The predicted molar refractivity (Wildman–Crippen MR) is 124 cm³/mol. The molecular formula is C25H30F3N3O3. The average Bonchev–Trinajstić information content (AvgIpc) is 2.84. The molecule has 0 bridgehead atoms. The van der Waals surface area contributed by atoms with E-state index in [4.69, 9.17) is 9.47 Å². The fraction of sp³-hybridized carbons (Fsp3) is 0.480. The van der Waals surface area contributed by atoms with Crippen LogP contribution in [-0.4, -0.2) is 59.0 Å². The van der Waals surface area contributed by atoms with E-state index < -0.39 is 17.7 Å². The van der Waals surface area contributed by atoms with Gasteiger partial charge in [-0.3, -0.25) is 4.79 Å². The lowest BCUT2D eigenvalue weighted by molar-refractivity contribution is -0.137. The van der Waals surface area contributed by atoms with Crippen LogP contribution < -0.4 is 19.9 Å². The van der Waals surface area contributed by atoms with Gasteiger partial charge in [-0.1, -0.05) is 12.1 Å². The third-order valence-corrected chi connectivity index (χ3v) is 6.63. The van der Waals surface area contributed by atoms with Crippen LogP contribution in [0.2, 0.25) is 0 Å². The summed E-state index contributed by atoms with van der Waals surface area (Å²) in [6.45, 7) is 2.81. The van der Waals surface area contributed by atoms with Gasteiger partial charge in [0.2, 0.25) is 5.91 Å². The van der Waals surface area contributed by atoms with Gasteiger partial charge in [0.1, 0.15) is 5.75 Å². The third kappa shape index (κ3) is 4.94. The summed E-state index contributed by atoms with van der Waals surface area (Å²) in [4.78, 5) is 17.5. The number of carbonyl (C=O) groups is 1. The number of ether oxygens (including phenoxy) is 2. The van der Waals surface area contributed by atoms with Crippen LogP contribution in [0.3, 0.4) is 0 Å². The lowest BCUT2D eigenvalue weighted by Crippen LogP contribution is -2.61. The van der Waals surface area contributed by atoms with Gasteiger partial charge in [-0.05, 0) is 48.7 Å². The zero-order valence-electron chi connectivity index (χ0n) is 19.4. The molecule has 1 N–H and O–H groups in total. The van der Waals surface area contributed by atoms with E-state index in [0.29, 0.717) is 44.8 Å². The van der Waals surface area contributed by atoms with Crippen LogP contribution in [0.4, 0.5) is 24.5 Å². The number of halogens is 3. The van der Waals surface area contributed by atoms with Crippen molar-refractivity contribution in [2.24, 2.45) is 5.92 Å². The highest BCUT2D eigenvalue weighted by Gasteiger charge is 2.43. The number of nitrogens with one attached hydrogen (secondary N) is 1. The first-order chi connectivity index (χ1) is 16.3. The van der Waals surface area contributed by atoms with Crippen LogP contribution in [0.5, 0.6) is 5.75 Å². The molecule has 0 unspecified atom stereocenters. The van der Waals surface area contributed by atoms with Crippen molar-refractivity contribution < 1.29 is 27.4 Å². The number of anilines is 2. The van der Waals surface area contributed by atoms with Crippen LogP contribution in [0.1, 0.15) is 17.5 Å². The Morgan fingerprint density at radius 3 is 2.65 bits per heavy atom. The molecule has 0 aliphatic carbocycles. The minimum Gasteiger partial charge on any atom is -0.495 e. The van der Waals surface area contributed by atoms with Crippen LogP contribution in [0, 0.1) is 5.92 Å². The number of para-hydroxylation sites is 2. The highest BCUT2D eigenvalue weighted by molar-refractivity contribution is 5.82. The molecule has 184 valence electrons. The second kappa shape index (κ2) is 10.1. The molecule has 4 rings (SSSR count). The van der Waals surface area contributed by atoms with Gasteiger partial charge in [-0.15, -0.1) is 0 Å². The Morgan fingerprint density at radius 1 is 1.12 bits per heavy atom. The third-order valence-electron chi connectivity index (χ3n) is 6.63. The van der Waals surface area contributed by atoms with Gasteiger partial charge in [0, 0.05) is 45.6 Å². The number of rotatable bonds is 7. The molecule has 0 aromatic heterocycles. The summed E-state index contributed by atoms with van der Waals surface area (Å²) in [5.41, 5.74) is 1.61. The van der Waals surface area contributed by atoms with Gasteiger partial charge >= 0.3 is 6.18 Å². The zero-order valence-corrected chi connectivity index (χ0v) is 19.4. The first-order valence-corrected chi connectivity index (χ1v) is 11.4. The lowest BCUT2D eigenvalue weighted by atomic mass is 9.82. The predicted octanol–water partition coefficient (Wildman–Crippen LogP) is 3.73. The maximum Gasteiger partial charge on any atom is 0.416 e. The van der Waals surface area contributed by atoms with E-state index in [9.17, 15) is 18.0 Å². The molecule has 0 radical (unpaired) electrons. The summed E-state index contributed by atoms with van der Waals surface area (Å²) in [6.07, 6.45) is -3.49. The van der Waals surface area contributed by atoms with Crippen LogP contribution in [0.15, 0.2) is 42.5 Å². The van der Waals surface area contributed by atoms with E-state index in [2.05, 4.69) is 15.1 Å². The SMILES string of the molecule is COCCCNC(=O)[C@H]1Cc2cc(C(F)(F)F)ccc2N2CCN(c3ccccc3OC)C[C@H]12. The summed E-state index contributed by atoms with van der Waals surface area (Å²) >= 11 is 0. The average molecular weight is 478 g/mol. The molecule has 2 atom stereocenters. The standard InChI is InChI=1S/C25H30F3N3O3/c1-33-13-5-10-29-24(32)19-15-17-14-18(25(26,27)28)8-9-20(17)31-12-11-30(16-22(19)31)21-6-3-4-7-23(21)34-2/h3-4,6-9,14,19,22H,5,10-13,15-16H2,1-2H3,(H,29,32)/t19-,22+/m0/s1. The van der Waals surface area contributed by atoms with E-state index in [1.54, 1.807) is 20.3 Å². The fourth-order valence-corrected chi connectivity index (χ4v) is 4.97. The number of methoxy groups -OCH3 is 2. The molecule has 0 saturated carbocycles. The second-order valence-electron chi connectivity index (χ2n) is 8.67. The van der Waals surface area contributed by atoms with E-state index in [-0.39, 0.29) is 18.4 Å². The molecule has 0 spiro atoms. The number of benzene rings is 2. The van der Waals surface area contributed by atoms with Crippen molar-refractivity contribution in [3.8, 4) is 5.75 Å². The Bertz CT molecular complexity index is 1010. The Hall–Kier alpha value is -2.94. The van der Waals surface area contributed by atoms with Crippen LogP contribution in [-0.2, 0) is 22.1 Å². The number of fused-ring (bicyclic) bond motifs is 3. The van der Waals surface area contributed by atoms with E-state index in [1.807, 2.05) is 24.3 Å². The van der Waals surface area contributed by atoms with E-state index >= 15 is 0 Å². The van der Waals surface area contributed by atoms with Gasteiger partial charge < -0.3 is 24.6 Å². The number of carbonyl (C=O) groups excluding carboxylic acids is 1. The van der Waals surface area contributed by atoms with Crippen molar-refractivity contribution in [1.29, 1.82) is 0 Å². The molecule has 6 nitrogen and oxygen atoms in total. The smallest absolute Gasteiger partial charge is 0.416 e. The summed E-state index contributed by atoms with van der Waals surface area (Å²) in [5, 5.41) is 2.96. The summed E-state index contributed by atoms with van der Waals surface area (Å²) in [6, 6.07) is 11.4. The molecule has 2 aliphatic rings. The summed E-state index contributed by atoms with van der Waals surface area (Å²) in [5.74, 6) is 0.134. The van der Waals surface area contributed by atoms with Crippen LogP contribution >= 0.6 is 0 Å². The molecule has 1 saturated heterocycles. The molecule has 2 aromatic carbocycles. The van der Waals surface area contributed by atoms with Crippen molar-refractivity contribution in [1.82, 2.24) is 5.32 Å². The minimum atomic E-state index is -4.42. The molecular weight excluding hydrogens is 447 g/mol. The number of alkyl halides is 3. The number of piperazine rings is 1. The first kappa shape index (κ1) is 24.2. The van der Waals surface area contributed by atoms with E-state index in [1.165, 1.54) is 6.07 Å². The van der Waals surface area contributed by atoms with Crippen molar-refractivity contribution in [3.63, 3.8) is 0 Å². The molecule has 1 fully saturated rings. The van der Waals surface area contributed by atoms with Gasteiger partial charge in [0.05, 0.1) is 30.3 Å². The Labute approximate surface area is 197 Å². The summed E-state index contributed by atoms with van der Waals surface area (Å²) in [7, 11) is 3.23. The zero-order chi connectivity index (χ0) is 24.3. The maximum absolute atomic E-state index is 13.4. The number of amides is 1. The highest BCUT2D eigenvalue weighted by Crippen LogP contribution is 2.41. The molecule has 34 heavy (non-hydrogen) atoms.